The highest BCUT2D eigenvalue weighted by molar-refractivity contribution is 5.82. The van der Waals surface area contributed by atoms with Gasteiger partial charge in [0.15, 0.2) is 0 Å². The van der Waals surface area contributed by atoms with Gasteiger partial charge in [0.25, 0.3) is 5.69 Å². The van der Waals surface area contributed by atoms with Gasteiger partial charge in [-0.05, 0) is 25.8 Å². The minimum atomic E-state index is -0.727. The van der Waals surface area contributed by atoms with E-state index < -0.39 is 10.5 Å². The first kappa shape index (κ1) is 17.7. The van der Waals surface area contributed by atoms with Crippen molar-refractivity contribution in [1.29, 1.82) is 5.26 Å². The highest BCUT2D eigenvalue weighted by Crippen LogP contribution is 2.32. The number of hydrogen-bond donors (Lipinski definition) is 1. The number of benzene rings is 1. The molecule has 0 heterocycles. The monoisotopic (exact) mass is 330 g/mol. The Labute approximate surface area is 141 Å². The van der Waals surface area contributed by atoms with Crippen molar-refractivity contribution in [3.63, 3.8) is 0 Å². The van der Waals surface area contributed by atoms with E-state index in [4.69, 9.17) is 0 Å². The van der Waals surface area contributed by atoms with Crippen LogP contribution in [0, 0.1) is 28.4 Å². The molecule has 1 amide bonds. The Hall–Kier alpha value is -2.62. The zero-order valence-corrected chi connectivity index (χ0v) is 14.0. The van der Waals surface area contributed by atoms with Gasteiger partial charge < -0.3 is 10.2 Å². The smallest absolute Gasteiger partial charge is 0.274 e. The number of nitro benzene ring substituents is 1. The molecule has 1 aromatic carbocycles. The van der Waals surface area contributed by atoms with Gasteiger partial charge in [0, 0.05) is 24.4 Å². The van der Waals surface area contributed by atoms with Gasteiger partial charge >= 0.3 is 0 Å². The Morgan fingerprint density at radius 1 is 1.42 bits per heavy atom. The maximum absolute atomic E-state index is 12.5. The molecule has 0 aliphatic heterocycles. The maximum atomic E-state index is 12.5. The van der Waals surface area contributed by atoms with Crippen molar-refractivity contribution < 1.29 is 9.72 Å². The average molecular weight is 330 g/mol. The van der Waals surface area contributed by atoms with Crippen molar-refractivity contribution in [2.75, 3.05) is 18.9 Å². The predicted molar refractivity (Wildman–Crippen MR) is 90.5 cm³/mol. The predicted octanol–water partition coefficient (Wildman–Crippen LogP) is 3.00. The molecule has 0 saturated heterocycles. The van der Waals surface area contributed by atoms with Crippen LogP contribution in [-0.2, 0) is 4.79 Å². The highest BCUT2D eigenvalue weighted by atomic mass is 16.6. The molecule has 128 valence electrons. The number of rotatable bonds is 5. The van der Waals surface area contributed by atoms with Crippen LogP contribution in [0.5, 0.6) is 0 Å². The molecule has 1 N–H and O–H groups in total. The maximum Gasteiger partial charge on any atom is 0.274 e. The number of likely N-dealkylation sites (N-methyl/N-ethyl adjacent to an activating group) is 1. The molecule has 1 fully saturated rings. The molecule has 1 aromatic rings. The summed E-state index contributed by atoms with van der Waals surface area (Å²) in [5, 5.41) is 23.5. The summed E-state index contributed by atoms with van der Waals surface area (Å²) in [5.74, 6) is -0.190. The summed E-state index contributed by atoms with van der Waals surface area (Å²) in [7, 11) is 1.67. The van der Waals surface area contributed by atoms with Gasteiger partial charge in [-0.2, -0.15) is 5.26 Å². The van der Waals surface area contributed by atoms with Crippen LogP contribution in [0.15, 0.2) is 18.2 Å². The first-order valence-corrected chi connectivity index (χ1v) is 8.07. The van der Waals surface area contributed by atoms with Crippen molar-refractivity contribution in [3.8, 4) is 6.07 Å². The van der Waals surface area contributed by atoms with Crippen molar-refractivity contribution >= 4 is 17.3 Å². The molecule has 7 heteroatoms. The molecule has 0 atom stereocenters. The van der Waals surface area contributed by atoms with E-state index in [2.05, 4.69) is 11.4 Å². The number of nitrogens with one attached hydrogen (secondary N) is 1. The zero-order valence-electron chi connectivity index (χ0n) is 14.0. The third kappa shape index (κ3) is 3.48. The SMILES string of the molecule is Cc1c(NCC(=O)N(C)C2(C#N)CCCCC2)cccc1[N+](=O)[O-]. The van der Waals surface area contributed by atoms with E-state index in [1.165, 1.54) is 11.0 Å². The van der Waals surface area contributed by atoms with Gasteiger partial charge in [-0.3, -0.25) is 14.9 Å². The van der Waals surface area contributed by atoms with E-state index in [1.807, 2.05) is 0 Å². The van der Waals surface area contributed by atoms with E-state index in [0.29, 0.717) is 24.1 Å². The summed E-state index contributed by atoms with van der Waals surface area (Å²) < 4.78 is 0. The second-order valence-corrected chi connectivity index (χ2v) is 6.22. The van der Waals surface area contributed by atoms with Gasteiger partial charge in [-0.1, -0.05) is 25.3 Å². The van der Waals surface area contributed by atoms with Gasteiger partial charge in [-0.15, -0.1) is 0 Å². The van der Waals surface area contributed by atoms with Crippen molar-refractivity contribution in [3.05, 3.63) is 33.9 Å². The highest BCUT2D eigenvalue weighted by Gasteiger charge is 2.38. The second kappa shape index (κ2) is 7.30. The standard InChI is InChI=1S/C17H22N4O3/c1-13-14(7-6-8-15(13)21(23)24)19-11-16(22)20(2)17(12-18)9-4-3-5-10-17/h6-8,19H,3-5,9-11H2,1-2H3. The Morgan fingerprint density at radius 3 is 2.67 bits per heavy atom. The Kier molecular flexibility index (Phi) is 5.39. The van der Waals surface area contributed by atoms with E-state index in [-0.39, 0.29) is 18.1 Å². The van der Waals surface area contributed by atoms with Crippen molar-refractivity contribution in [2.24, 2.45) is 0 Å². The molecule has 1 aliphatic carbocycles. The number of nitro groups is 1. The summed E-state index contributed by atoms with van der Waals surface area (Å²) >= 11 is 0. The average Bonchev–Trinajstić information content (AvgIpc) is 2.60. The summed E-state index contributed by atoms with van der Waals surface area (Å²) in [5.41, 5.74) is 0.335. The molecule has 0 aromatic heterocycles. The quantitative estimate of drug-likeness (QED) is 0.661. The lowest BCUT2D eigenvalue weighted by Crippen LogP contribution is -2.51. The van der Waals surface area contributed by atoms with Crippen molar-refractivity contribution in [1.82, 2.24) is 4.90 Å². The number of amides is 1. The van der Waals surface area contributed by atoms with E-state index >= 15 is 0 Å². The van der Waals surface area contributed by atoms with E-state index in [0.717, 1.165) is 19.3 Å². The molecule has 0 unspecified atom stereocenters. The Morgan fingerprint density at radius 2 is 2.08 bits per heavy atom. The fourth-order valence-electron chi connectivity index (χ4n) is 3.20. The summed E-state index contributed by atoms with van der Waals surface area (Å²) in [6.45, 7) is 1.65. The van der Waals surface area contributed by atoms with Crippen LogP contribution in [0.25, 0.3) is 0 Å². The molecule has 24 heavy (non-hydrogen) atoms. The summed E-state index contributed by atoms with van der Waals surface area (Å²) in [4.78, 5) is 24.6. The van der Waals surface area contributed by atoms with Crippen LogP contribution in [0.3, 0.4) is 0 Å². The largest absolute Gasteiger partial charge is 0.376 e. The van der Waals surface area contributed by atoms with Crippen LogP contribution in [-0.4, -0.2) is 34.9 Å². The lowest BCUT2D eigenvalue weighted by atomic mass is 9.81. The molecule has 0 radical (unpaired) electrons. The molecular weight excluding hydrogens is 308 g/mol. The minimum absolute atomic E-state index is 0.00192. The third-order valence-corrected chi connectivity index (χ3v) is 4.84. The van der Waals surface area contributed by atoms with Crippen LogP contribution in [0.1, 0.15) is 37.7 Å². The van der Waals surface area contributed by atoms with Gasteiger partial charge in [-0.25, -0.2) is 0 Å². The first-order valence-electron chi connectivity index (χ1n) is 8.07. The molecule has 0 spiro atoms. The fraction of sp³-hybridized carbons (Fsp3) is 0.529. The van der Waals surface area contributed by atoms with Gasteiger partial charge in [0.2, 0.25) is 5.91 Å². The summed E-state index contributed by atoms with van der Waals surface area (Å²) in [6, 6.07) is 7.04. The van der Waals surface area contributed by atoms with E-state index in [1.54, 1.807) is 26.1 Å². The molecule has 2 rings (SSSR count). The first-order chi connectivity index (χ1) is 11.4. The third-order valence-electron chi connectivity index (χ3n) is 4.84. The number of nitrogens with zero attached hydrogens (tertiary/aromatic N) is 3. The van der Waals surface area contributed by atoms with Gasteiger partial charge in [0.05, 0.1) is 17.5 Å². The summed E-state index contributed by atoms with van der Waals surface area (Å²) in [6.07, 6.45) is 4.38. The normalized spacial score (nSPS) is 16.0. The fourth-order valence-corrected chi connectivity index (χ4v) is 3.20. The molecule has 7 nitrogen and oxygen atoms in total. The van der Waals surface area contributed by atoms with E-state index in [9.17, 15) is 20.2 Å². The molecule has 0 bridgehead atoms. The van der Waals surface area contributed by atoms with Crippen LogP contribution < -0.4 is 5.32 Å². The number of carbonyl (C=O) groups excluding carboxylic acids is 1. The van der Waals surface area contributed by atoms with Crippen molar-refractivity contribution in [2.45, 2.75) is 44.6 Å². The number of carbonyl (C=O) groups is 1. The molecule has 1 saturated carbocycles. The molecule has 1 aliphatic rings. The van der Waals surface area contributed by atoms with Gasteiger partial charge in [0.1, 0.15) is 5.54 Å². The zero-order chi connectivity index (χ0) is 17.7. The molecular formula is C17H22N4O3. The lowest BCUT2D eigenvalue weighted by Gasteiger charge is -2.39. The Balaban J connectivity index is 2.07. The topological polar surface area (TPSA) is 99.3 Å². The Bertz CT molecular complexity index is 675. The number of hydrogen-bond acceptors (Lipinski definition) is 5. The second-order valence-electron chi connectivity index (χ2n) is 6.22. The lowest BCUT2D eigenvalue weighted by molar-refractivity contribution is -0.385. The van der Waals surface area contributed by atoms with Crippen LogP contribution in [0.2, 0.25) is 0 Å². The minimum Gasteiger partial charge on any atom is -0.376 e. The van der Waals surface area contributed by atoms with Crippen LogP contribution in [0.4, 0.5) is 11.4 Å². The van der Waals surface area contributed by atoms with Crippen LogP contribution >= 0.6 is 0 Å². The number of anilines is 1. The number of nitriles is 1.